The number of nitrogens with zero attached hydrogens (tertiary/aromatic N) is 1. The van der Waals surface area contributed by atoms with E-state index in [1.807, 2.05) is 18.2 Å². The van der Waals surface area contributed by atoms with Crippen LogP contribution in [0.4, 0.5) is 5.82 Å². The van der Waals surface area contributed by atoms with Crippen molar-refractivity contribution in [3.05, 3.63) is 22.8 Å². The van der Waals surface area contributed by atoms with Crippen LogP contribution in [0.2, 0.25) is 0 Å². The average Bonchev–Trinajstić information content (AvgIpc) is 2.78. The summed E-state index contributed by atoms with van der Waals surface area (Å²) in [5, 5.41) is 3.49. The van der Waals surface area contributed by atoms with Gasteiger partial charge in [-0.25, -0.2) is 4.98 Å². The standard InChI is InChI=1S/C12H17BrN2/c1-8(2)12(3)7-9(12)14-11-6-4-5-10(13)15-11/h4-6,8-9H,7H2,1-3H3,(H,14,15). The van der Waals surface area contributed by atoms with E-state index in [9.17, 15) is 0 Å². The first-order valence-electron chi connectivity index (χ1n) is 5.41. The highest BCUT2D eigenvalue weighted by molar-refractivity contribution is 9.10. The summed E-state index contributed by atoms with van der Waals surface area (Å²) in [5.74, 6) is 1.70. The Bertz CT molecular complexity index is 364. The van der Waals surface area contributed by atoms with Crippen LogP contribution in [0.3, 0.4) is 0 Å². The van der Waals surface area contributed by atoms with Crippen molar-refractivity contribution in [1.29, 1.82) is 0 Å². The van der Waals surface area contributed by atoms with Gasteiger partial charge in [-0.15, -0.1) is 0 Å². The number of anilines is 1. The molecule has 0 aliphatic heterocycles. The molecule has 0 saturated heterocycles. The molecule has 3 heteroatoms. The first-order chi connectivity index (χ1) is 7.02. The molecule has 2 unspecified atom stereocenters. The zero-order valence-corrected chi connectivity index (χ0v) is 11.0. The summed E-state index contributed by atoms with van der Waals surface area (Å²) in [5.41, 5.74) is 0.448. The molecule has 0 amide bonds. The predicted octanol–water partition coefficient (Wildman–Crippen LogP) is 3.69. The zero-order valence-electron chi connectivity index (χ0n) is 9.42. The van der Waals surface area contributed by atoms with Crippen LogP contribution in [-0.4, -0.2) is 11.0 Å². The van der Waals surface area contributed by atoms with E-state index in [2.05, 4.69) is 47.0 Å². The number of hydrogen-bond acceptors (Lipinski definition) is 2. The number of aromatic nitrogens is 1. The lowest BCUT2D eigenvalue weighted by molar-refractivity contribution is 0.387. The lowest BCUT2D eigenvalue weighted by Crippen LogP contribution is -2.16. The molecular weight excluding hydrogens is 252 g/mol. The fourth-order valence-electron chi connectivity index (χ4n) is 1.90. The fraction of sp³-hybridized carbons (Fsp3) is 0.583. The molecule has 1 N–H and O–H groups in total. The monoisotopic (exact) mass is 268 g/mol. The lowest BCUT2D eigenvalue weighted by Gasteiger charge is -2.16. The maximum atomic E-state index is 4.38. The molecule has 1 fully saturated rings. The first-order valence-corrected chi connectivity index (χ1v) is 6.21. The summed E-state index contributed by atoms with van der Waals surface area (Å²) in [7, 11) is 0. The highest BCUT2D eigenvalue weighted by atomic mass is 79.9. The Kier molecular flexibility index (Phi) is 2.75. The molecule has 1 aromatic rings. The number of pyridine rings is 1. The van der Waals surface area contributed by atoms with E-state index in [0.717, 1.165) is 16.3 Å². The van der Waals surface area contributed by atoms with Crippen molar-refractivity contribution in [3.63, 3.8) is 0 Å². The second kappa shape index (κ2) is 3.78. The topological polar surface area (TPSA) is 24.9 Å². The number of rotatable bonds is 3. The van der Waals surface area contributed by atoms with Crippen molar-refractivity contribution in [1.82, 2.24) is 4.98 Å². The van der Waals surface area contributed by atoms with Crippen LogP contribution in [0.5, 0.6) is 0 Å². The molecule has 82 valence electrons. The molecule has 1 aromatic heterocycles. The van der Waals surface area contributed by atoms with Crippen LogP contribution in [0.15, 0.2) is 22.8 Å². The largest absolute Gasteiger partial charge is 0.367 e. The molecule has 2 nitrogen and oxygen atoms in total. The van der Waals surface area contributed by atoms with Crippen LogP contribution >= 0.6 is 15.9 Å². The van der Waals surface area contributed by atoms with Crippen LogP contribution in [0.25, 0.3) is 0 Å². The Morgan fingerprint density at radius 1 is 1.53 bits per heavy atom. The fourth-order valence-corrected chi connectivity index (χ4v) is 2.25. The molecule has 0 aromatic carbocycles. The van der Waals surface area contributed by atoms with Gasteiger partial charge in [0.05, 0.1) is 0 Å². The van der Waals surface area contributed by atoms with Gasteiger partial charge in [-0.2, -0.15) is 0 Å². The number of halogens is 1. The van der Waals surface area contributed by atoms with Crippen molar-refractivity contribution in [2.24, 2.45) is 11.3 Å². The van der Waals surface area contributed by atoms with E-state index < -0.39 is 0 Å². The van der Waals surface area contributed by atoms with Gasteiger partial charge in [-0.05, 0) is 45.8 Å². The maximum Gasteiger partial charge on any atom is 0.127 e. The van der Waals surface area contributed by atoms with Gasteiger partial charge < -0.3 is 5.32 Å². The maximum absolute atomic E-state index is 4.38. The number of hydrogen-bond donors (Lipinski definition) is 1. The summed E-state index contributed by atoms with van der Waals surface area (Å²) >= 11 is 3.38. The quantitative estimate of drug-likeness (QED) is 0.846. The van der Waals surface area contributed by atoms with Crippen molar-refractivity contribution < 1.29 is 0 Å². The molecule has 0 radical (unpaired) electrons. The van der Waals surface area contributed by atoms with Crippen LogP contribution in [-0.2, 0) is 0 Å². The van der Waals surface area contributed by atoms with Gasteiger partial charge >= 0.3 is 0 Å². The first kappa shape index (κ1) is 10.9. The molecule has 2 rings (SSSR count). The summed E-state index contributed by atoms with van der Waals surface area (Å²) in [6, 6.07) is 6.55. The Morgan fingerprint density at radius 3 is 2.80 bits per heavy atom. The number of nitrogens with one attached hydrogen (secondary N) is 1. The molecule has 1 heterocycles. The normalized spacial score (nSPS) is 29.3. The molecular formula is C12H17BrN2. The van der Waals surface area contributed by atoms with Crippen molar-refractivity contribution in [3.8, 4) is 0 Å². The van der Waals surface area contributed by atoms with E-state index in [1.54, 1.807) is 0 Å². The SMILES string of the molecule is CC(C)C1(C)CC1Nc1cccc(Br)n1. The third-order valence-electron chi connectivity index (χ3n) is 3.64. The highest BCUT2D eigenvalue weighted by Crippen LogP contribution is 2.52. The van der Waals surface area contributed by atoms with Gasteiger partial charge in [-0.1, -0.05) is 26.8 Å². The van der Waals surface area contributed by atoms with Gasteiger partial charge in [0.25, 0.3) is 0 Å². The molecule has 0 bridgehead atoms. The van der Waals surface area contributed by atoms with Gasteiger partial charge in [0.1, 0.15) is 10.4 Å². The molecule has 0 spiro atoms. The highest BCUT2D eigenvalue weighted by Gasteiger charge is 2.52. The predicted molar refractivity (Wildman–Crippen MR) is 66.9 cm³/mol. The minimum absolute atomic E-state index is 0.448. The third kappa shape index (κ3) is 2.17. The van der Waals surface area contributed by atoms with Gasteiger partial charge in [-0.3, -0.25) is 0 Å². The second-order valence-electron chi connectivity index (χ2n) is 4.91. The third-order valence-corrected chi connectivity index (χ3v) is 4.08. The van der Waals surface area contributed by atoms with Crippen LogP contribution in [0, 0.1) is 11.3 Å². The summed E-state index contributed by atoms with van der Waals surface area (Å²) in [6.45, 7) is 6.92. The Hall–Kier alpha value is -0.570. The van der Waals surface area contributed by atoms with Gasteiger partial charge in [0, 0.05) is 6.04 Å². The molecule has 1 aliphatic carbocycles. The van der Waals surface area contributed by atoms with Crippen LogP contribution in [0.1, 0.15) is 27.2 Å². The summed E-state index contributed by atoms with van der Waals surface area (Å²) in [6.07, 6.45) is 1.25. The summed E-state index contributed by atoms with van der Waals surface area (Å²) < 4.78 is 0.888. The van der Waals surface area contributed by atoms with E-state index in [-0.39, 0.29) is 0 Å². The molecule has 1 aliphatic rings. The zero-order chi connectivity index (χ0) is 11.1. The average molecular weight is 269 g/mol. The van der Waals surface area contributed by atoms with E-state index in [0.29, 0.717) is 11.5 Å². The van der Waals surface area contributed by atoms with Crippen molar-refractivity contribution in [2.45, 2.75) is 33.2 Å². The lowest BCUT2D eigenvalue weighted by atomic mass is 9.94. The Labute approximate surface area is 99.6 Å². The van der Waals surface area contributed by atoms with E-state index in [1.165, 1.54) is 6.42 Å². The minimum Gasteiger partial charge on any atom is -0.367 e. The van der Waals surface area contributed by atoms with Gasteiger partial charge in [0.2, 0.25) is 0 Å². The van der Waals surface area contributed by atoms with Crippen molar-refractivity contribution >= 4 is 21.7 Å². The smallest absolute Gasteiger partial charge is 0.127 e. The van der Waals surface area contributed by atoms with Gasteiger partial charge in [0.15, 0.2) is 0 Å². The Morgan fingerprint density at radius 2 is 2.27 bits per heavy atom. The second-order valence-corrected chi connectivity index (χ2v) is 5.72. The van der Waals surface area contributed by atoms with Crippen molar-refractivity contribution in [2.75, 3.05) is 5.32 Å². The molecule has 15 heavy (non-hydrogen) atoms. The summed E-state index contributed by atoms with van der Waals surface area (Å²) in [4.78, 5) is 4.38. The molecule has 1 saturated carbocycles. The van der Waals surface area contributed by atoms with E-state index in [4.69, 9.17) is 0 Å². The minimum atomic E-state index is 0.448. The molecule has 2 atom stereocenters. The van der Waals surface area contributed by atoms with E-state index >= 15 is 0 Å². The van der Waals surface area contributed by atoms with Crippen LogP contribution < -0.4 is 5.32 Å². The Balaban J connectivity index is 2.01.